The van der Waals surface area contributed by atoms with Gasteiger partial charge in [-0.05, 0) is 31.9 Å². The molecule has 1 aliphatic carbocycles. The number of nitrogen functional groups attached to an aromatic ring is 1. The Morgan fingerprint density at radius 2 is 2.27 bits per heavy atom. The van der Waals surface area contributed by atoms with Crippen molar-refractivity contribution < 1.29 is 9.90 Å². The summed E-state index contributed by atoms with van der Waals surface area (Å²) in [7, 11) is 0. The largest absolute Gasteiger partial charge is 0.506 e. The summed E-state index contributed by atoms with van der Waals surface area (Å²) in [5.74, 6) is 0.514. The van der Waals surface area contributed by atoms with Crippen molar-refractivity contribution in [2.45, 2.75) is 19.8 Å². The van der Waals surface area contributed by atoms with Gasteiger partial charge < -0.3 is 16.2 Å². The minimum atomic E-state index is -0.203. The summed E-state index contributed by atoms with van der Waals surface area (Å²) in [6.45, 7) is 2.74. The van der Waals surface area contributed by atoms with E-state index in [-0.39, 0.29) is 11.5 Å². The number of fused-ring (bicyclic) bond motifs is 1. The number of ketones is 1. The molecule has 0 bridgehead atoms. The first-order chi connectivity index (χ1) is 10.6. The molecule has 7 heteroatoms. The van der Waals surface area contributed by atoms with Crippen molar-refractivity contribution in [3.8, 4) is 0 Å². The fraction of sp³-hybridized carbons (Fsp3) is 0.267. The summed E-state index contributed by atoms with van der Waals surface area (Å²) in [4.78, 5) is 21.5. The quantitative estimate of drug-likeness (QED) is 0.750. The third-order valence-corrected chi connectivity index (χ3v) is 4.42. The number of nitrogens with two attached hydrogens (primary N) is 1. The van der Waals surface area contributed by atoms with Gasteiger partial charge in [0.2, 0.25) is 0 Å². The van der Waals surface area contributed by atoms with Crippen molar-refractivity contribution in [2.75, 3.05) is 17.6 Å². The van der Waals surface area contributed by atoms with Gasteiger partial charge in [0.1, 0.15) is 11.6 Å². The van der Waals surface area contributed by atoms with Crippen LogP contribution in [0.15, 0.2) is 23.9 Å². The number of aromatic nitrogens is 2. The lowest BCUT2D eigenvalue weighted by Crippen LogP contribution is -2.12. The summed E-state index contributed by atoms with van der Waals surface area (Å²) in [5.41, 5.74) is 7.29. The molecule has 22 heavy (non-hydrogen) atoms. The first-order valence-corrected chi connectivity index (χ1v) is 7.84. The highest BCUT2D eigenvalue weighted by molar-refractivity contribution is 7.16. The molecule has 0 unspecified atom stereocenters. The van der Waals surface area contributed by atoms with Crippen LogP contribution >= 0.6 is 11.3 Å². The van der Waals surface area contributed by atoms with Crippen LogP contribution in [-0.2, 0) is 6.42 Å². The highest BCUT2D eigenvalue weighted by atomic mass is 32.1. The molecule has 2 heterocycles. The number of nitrogens with one attached hydrogen (secondary N) is 1. The van der Waals surface area contributed by atoms with E-state index in [2.05, 4.69) is 15.3 Å². The van der Waals surface area contributed by atoms with Crippen LogP contribution in [-0.4, -0.2) is 27.4 Å². The third-order valence-electron chi connectivity index (χ3n) is 3.48. The smallest absolute Gasteiger partial charge is 0.194 e. The normalized spacial score (nSPS) is 13.9. The highest BCUT2D eigenvalue weighted by Crippen LogP contribution is 2.35. The first-order valence-electron chi connectivity index (χ1n) is 7.02. The molecular formula is C15H16N4O2S. The number of aliphatic hydroxyl groups excluding tert-OH is 1. The van der Waals surface area contributed by atoms with Gasteiger partial charge in [0.05, 0.1) is 10.6 Å². The predicted octanol–water partition coefficient (Wildman–Crippen LogP) is 2.65. The van der Waals surface area contributed by atoms with E-state index in [1.807, 2.05) is 6.92 Å². The highest BCUT2D eigenvalue weighted by Gasteiger charge is 2.27. The van der Waals surface area contributed by atoms with E-state index in [0.29, 0.717) is 34.0 Å². The minimum absolute atomic E-state index is 0.00351. The fourth-order valence-corrected chi connectivity index (χ4v) is 3.28. The van der Waals surface area contributed by atoms with Crippen LogP contribution in [0.4, 0.5) is 10.9 Å². The standard InChI is InChI=1S/C15H16N4O2S/c1-2-17-11-6-3-8(7-18-11)12(20)9-4-5-10-14(13(9)21)22-15(16)19-10/h3,6-7,21H,2,4-5H2,1H3,(H2,16,19)(H,17,18). The molecule has 2 aromatic rings. The van der Waals surface area contributed by atoms with Gasteiger partial charge in [0.25, 0.3) is 0 Å². The van der Waals surface area contributed by atoms with Crippen molar-refractivity contribution in [3.05, 3.63) is 40.0 Å². The second kappa shape index (κ2) is 5.76. The van der Waals surface area contributed by atoms with Gasteiger partial charge in [-0.1, -0.05) is 11.3 Å². The van der Waals surface area contributed by atoms with Crippen LogP contribution < -0.4 is 11.1 Å². The molecule has 0 atom stereocenters. The number of rotatable bonds is 4. The Kier molecular flexibility index (Phi) is 3.81. The number of aryl methyl sites for hydroxylation is 1. The van der Waals surface area contributed by atoms with Crippen molar-refractivity contribution in [2.24, 2.45) is 0 Å². The molecule has 0 amide bonds. The number of nitrogens with zero attached hydrogens (tertiary/aromatic N) is 2. The van der Waals surface area contributed by atoms with E-state index in [0.717, 1.165) is 18.1 Å². The minimum Gasteiger partial charge on any atom is -0.506 e. The molecular weight excluding hydrogens is 300 g/mol. The van der Waals surface area contributed by atoms with Crippen LogP contribution in [0.25, 0.3) is 5.76 Å². The summed E-state index contributed by atoms with van der Waals surface area (Å²) in [6, 6.07) is 3.47. The van der Waals surface area contributed by atoms with Crippen molar-refractivity contribution in [1.82, 2.24) is 9.97 Å². The number of carbonyl (C=O) groups is 1. The van der Waals surface area contributed by atoms with Gasteiger partial charge in [-0.2, -0.15) is 0 Å². The predicted molar refractivity (Wildman–Crippen MR) is 87.1 cm³/mol. The number of aliphatic hydroxyl groups is 1. The topological polar surface area (TPSA) is 101 Å². The van der Waals surface area contributed by atoms with Crippen LogP contribution in [0.2, 0.25) is 0 Å². The maximum atomic E-state index is 12.6. The average molecular weight is 316 g/mol. The van der Waals surface area contributed by atoms with Crippen molar-refractivity contribution >= 4 is 33.8 Å². The number of hydrogen-bond donors (Lipinski definition) is 3. The Morgan fingerprint density at radius 1 is 1.45 bits per heavy atom. The summed E-state index contributed by atoms with van der Waals surface area (Å²) in [5, 5.41) is 13.8. The van der Waals surface area contributed by atoms with E-state index < -0.39 is 0 Å². The Bertz CT molecular complexity index is 749. The Balaban J connectivity index is 1.91. The average Bonchev–Trinajstić information content (AvgIpc) is 2.90. The third kappa shape index (κ3) is 2.55. The van der Waals surface area contributed by atoms with Gasteiger partial charge in [0, 0.05) is 23.9 Å². The maximum Gasteiger partial charge on any atom is 0.194 e. The van der Waals surface area contributed by atoms with E-state index in [1.165, 1.54) is 17.5 Å². The molecule has 0 radical (unpaired) electrons. The second-order valence-electron chi connectivity index (χ2n) is 4.95. The Morgan fingerprint density at radius 3 is 2.95 bits per heavy atom. The molecule has 0 spiro atoms. The van der Waals surface area contributed by atoms with E-state index in [4.69, 9.17) is 5.73 Å². The van der Waals surface area contributed by atoms with E-state index >= 15 is 0 Å². The van der Waals surface area contributed by atoms with E-state index in [9.17, 15) is 9.90 Å². The zero-order valence-corrected chi connectivity index (χ0v) is 12.9. The van der Waals surface area contributed by atoms with Gasteiger partial charge in [-0.3, -0.25) is 4.79 Å². The molecule has 6 nitrogen and oxygen atoms in total. The summed E-state index contributed by atoms with van der Waals surface area (Å²) >= 11 is 1.20. The van der Waals surface area contributed by atoms with Crippen LogP contribution in [0.1, 0.15) is 34.3 Å². The number of anilines is 2. The summed E-state index contributed by atoms with van der Waals surface area (Å²) in [6.07, 6.45) is 2.59. The lowest BCUT2D eigenvalue weighted by molar-refractivity contribution is 0.102. The van der Waals surface area contributed by atoms with Crippen LogP contribution in [0.5, 0.6) is 0 Å². The molecule has 0 saturated heterocycles. The monoisotopic (exact) mass is 316 g/mol. The number of allylic oxidation sites excluding steroid dienone is 1. The zero-order chi connectivity index (χ0) is 15.7. The van der Waals surface area contributed by atoms with Gasteiger partial charge in [-0.25, -0.2) is 9.97 Å². The number of pyridine rings is 1. The zero-order valence-electron chi connectivity index (χ0n) is 12.1. The SMILES string of the molecule is CCNc1ccc(C(=O)C2=C(O)c3sc(N)nc3CC2)cn1. The first kappa shape index (κ1) is 14.5. The molecule has 1 aliphatic rings. The van der Waals surface area contributed by atoms with Gasteiger partial charge >= 0.3 is 0 Å². The Labute approximate surface area is 131 Å². The summed E-state index contributed by atoms with van der Waals surface area (Å²) < 4.78 is 0. The second-order valence-corrected chi connectivity index (χ2v) is 5.98. The molecule has 2 aromatic heterocycles. The maximum absolute atomic E-state index is 12.6. The van der Waals surface area contributed by atoms with Crippen LogP contribution in [0, 0.1) is 0 Å². The lowest BCUT2D eigenvalue weighted by atomic mass is 9.93. The molecule has 4 N–H and O–H groups in total. The number of thiazole rings is 1. The molecule has 0 aliphatic heterocycles. The lowest BCUT2D eigenvalue weighted by Gasteiger charge is -2.14. The van der Waals surface area contributed by atoms with Crippen LogP contribution in [0.3, 0.4) is 0 Å². The van der Waals surface area contributed by atoms with E-state index in [1.54, 1.807) is 12.1 Å². The Hall–Kier alpha value is -2.41. The molecule has 3 rings (SSSR count). The van der Waals surface area contributed by atoms with Crippen molar-refractivity contribution in [3.63, 3.8) is 0 Å². The molecule has 0 saturated carbocycles. The van der Waals surface area contributed by atoms with Crippen molar-refractivity contribution in [1.29, 1.82) is 0 Å². The molecule has 114 valence electrons. The van der Waals surface area contributed by atoms with Gasteiger partial charge in [-0.15, -0.1) is 0 Å². The number of Topliss-reactive ketones (excluding diaryl/α,β-unsaturated/α-hetero) is 1. The number of hydrogen-bond acceptors (Lipinski definition) is 7. The molecule has 0 aromatic carbocycles. The number of carbonyl (C=O) groups excluding carboxylic acids is 1. The molecule has 0 fully saturated rings. The fourth-order valence-electron chi connectivity index (χ4n) is 2.43. The van der Waals surface area contributed by atoms with Gasteiger partial charge in [0.15, 0.2) is 10.9 Å².